The van der Waals surface area contributed by atoms with Gasteiger partial charge in [0.1, 0.15) is 5.82 Å². The number of morpholine rings is 1. The highest BCUT2D eigenvalue weighted by atomic mass is 32.1. The van der Waals surface area contributed by atoms with Crippen molar-refractivity contribution in [3.63, 3.8) is 0 Å². The van der Waals surface area contributed by atoms with Crippen LogP contribution in [0.25, 0.3) is 16.4 Å². The zero-order valence-electron chi connectivity index (χ0n) is 16.2. The van der Waals surface area contributed by atoms with Crippen LogP contribution in [0.1, 0.15) is 17.5 Å². The molecule has 2 aromatic heterocycles. The van der Waals surface area contributed by atoms with Crippen molar-refractivity contribution in [3.8, 4) is 16.4 Å². The SMILES string of the molecule is CC1CN(C(=O)COC(=O)c2nc(-c3cccs3)n(-c3ccc(F)cc3)n2)CCO1. The van der Waals surface area contributed by atoms with Gasteiger partial charge in [0.2, 0.25) is 0 Å². The van der Waals surface area contributed by atoms with Crippen molar-refractivity contribution < 1.29 is 23.5 Å². The summed E-state index contributed by atoms with van der Waals surface area (Å²) in [6.07, 6.45) is -0.0557. The van der Waals surface area contributed by atoms with E-state index in [1.165, 1.54) is 28.2 Å². The van der Waals surface area contributed by atoms with Gasteiger partial charge in [-0.1, -0.05) is 6.07 Å². The van der Waals surface area contributed by atoms with E-state index in [-0.39, 0.29) is 23.7 Å². The van der Waals surface area contributed by atoms with Crippen LogP contribution < -0.4 is 0 Å². The van der Waals surface area contributed by atoms with Crippen molar-refractivity contribution in [2.45, 2.75) is 13.0 Å². The summed E-state index contributed by atoms with van der Waals surface area (Å²) in [6, 6.07) is 9.37. The molecule has 0 aliphatic carbocycles. The lowest BCUT2D eigenvalue weighted by Crippen LogP contribution is -2.46. The molecule has 3 heterocycles. The summed E-state index contributed by atoms with van der Waals surface area (Å²) in [4.78, 5) is 31.5. The van der Waals surface area contributed by atoms with Crippen molar-refractivity contribution in [2.75, 3.05) is 26.3 Å². The molecule has 4 rings (SSSR count). The quantitative estimate of drug-likeness (QED) is 0.578. The van der Waals surface area contributed by atoms with Crippen LogP contribution in [0.2, 0.25) is 0 Å². The lowest BCUT2D eigenvalue weighted by atomic mass is 10.3. The van der Waals surface area contributed by atoms with Crippen molar-refractivity contribution in [3.05, 3.63) is 53.4 Å². The van der Waals surface area contributed by atoms with Crippen LogP contribution in [0.15, 0.2) is 41.8 Å². The van der Waals surface area contributed by atoms with E-state index < -0.39 is 12.6 Å². The molecular weight excluding hydrogens is 411 g/mol. The molecule has 0 N–H and O–H groups in total. The fraction of sp³-hybridized carbons (Fsp3) is 0.300. The molecule has 8 nitrogen and oxygen atoms in total. The minimum atomic E-state index is -0.802. The number of rotatable bonds is 5. The molecule has 0 radical (unpaired) electrons. The first-order valence-electron chi connectivity index (χ1n) is 9.34. The van der Waals surface area contributed by atoms with Crippen LogP contribution in [0, 0.1) is 5.82 Å². The third kappa shape index (κ3) is 4.39. The number of halogens is 1. The first-order valence-corrected chi connectivity index (χ1v) is 10.2. The summed E-state index contributed by atoms with van der Waals surface area (Å²) in [5.74, 6) is -1.23. The largest absolute Gasteiger partial charge is 0.450 e. The summed E-state index contributed by atoms with van der Waals surface area (Å²) in [5, 5.41) is 6.11. The van der Waals surface area contributed by atoms with Gasteiger partial charge in [-0.05, 0) is 42.6 Å². The van der Waals surface area contributed by atoms with Gasteiger partial charge in [-0.15, -0.1) is 16.4 Å². The minimum absolute atomic E-state index is 0.0557. The van der Waals surface area contributed by atoms with E-state index in [1.807, 2.05) is 24.4 Å². The highest BCUT2D eigenvalue weighted by Crippen LogP contribution is 2.25. The van der Waals surface area contributed by atoms with E-state index in [1.54, 1.807) is 17.0 Å². The Kier molecular flexibility index (Phi) is 5.86. The number of aromatic nitrogens is 3. The Balaban J connectivity index is 1.52. The molecule has 1 fully saturated rings. The molecule has 3 aromatic rings. The number of carbonyl (C=O) groups excluding carboxylic acids is 2. The van der Waals surface area contributed by atoms with Crippen LogP contribution in [0.5, 0.6) is 0 Å². The molecule has 156 valence electrons. The van der Waals surface area contributed by atoms with Crippen molar-refractivity contribution in [1.29, 1.82) is 0 Å². The summed E-state index contributed by atoms with van der Waals surface area (Å²) in [6.45, 7) is 2.85. The first-order chi connectivity index (χ1) is 14.5. The number of carbonyl (C=O) groups is 2. The zero-order valence-corrected chi connectivity index (χ0v) is 17.0. The smallest absolute Gasteiger partial charge is 0.378 e. The monoisotopic (exact) mass is 430 g/mol. The lowest BCUT2D eigenvalue weighted by Gasteiger charge is -2.30. The summed E-state index contributed by atoms with van der Waals surface area (Å²) >= 11 is 1.43. The molecule has 0 spiro atoms. The molecule has 1 atom stereocenters. The maximum Gasteiger partial charge on any atom is 0.378 e. The highest BCUT2D eigenvalue weighted by molar-refractivity contribution is 7.13. The Morgan fingerprint density at radius 3 is 2.80 bits per heavy atom. The van der Waals surface area contributed by atoms with Gasteiger partial charge < -0.3 is 14.4 Å². The molecule has 1 aliphatic rings. The number of benzene rings is 1. The maximum absolute atomic E-state index is 13.3. The molecule has 1 aliphatic heterocycles. The normalized spacial score (nSPS) is 16.5. The predicted octanol–water partition coefficient (Wildman–Crippen LogP) is 2.54. The standard InChI is InChI=1S/C20H19FN4O4S/c1-13-11-24(8-9-28-13)17(26)12-29-20(27)18-22-19(16-3-2-10-30-16)25(23-18)15-6-4-14(21)5-7-15/h2-7,10,13H,8-9,11-12H2,1H3. The van der Waals surface area contributed by atoms with Gasteiger partial charge in [-0.2, -0.15) is 4.98 Å². The summed E-state index contributed by atoms with van der Waals surface area (Å²) in [5.41, 5.74) is 0.546. The second-order valence-corrected chi connectivity index (χ2v) is 7.67. The number of ether oxygens (including phenoxy) is 2. The maximum atomic E-state index is 13.3. The Bertz CT molecular complexity index is 1040. The van der Waals surface area contributed by atoms with Gasteiger partial charge in [0.15, 0.2) is 12.4 Å². The lowest BCUT2D eigenvalue weighted by molar-refractivity contribution is -0.141. The zero-order chi connectivity index (χ0) is 21.1. The minimum Gasteiger partial charge on any atom is -0.450 e. The third-order valence-corrected chi connectivity index (χ3v) is 5.39. The van der Waals surface area contributed by atoms with Gasteiger partial charge >= 0.3 is 5.97 Å². The van der Waals surface area contributed by atoms with Gasteiger partial charge in [0.25, 0.3) is 11.7 Å². The number of hydrogen-bond acceptors (Lipinski definition) is 7. The second kappa shape index (κ2) is 8.72. The van der Waals surface area contributed by atoms with Crippen LogP contribution in [0.3, 0.4) is 0 Å². The molecule has 1 unspecified atom stereocenters. The number of nitrogens with zero attached hydrogens (tertiary/aromatic N) is 4. The average Bonchev–Trinajstić information content (AvgIpc) is 3.42. The van der Waals surface area contributed by atoms with Gasteiger partial charge in [0.05, 0.1) is 23.3 Å². The van der Waals surface area contributed by atoms with E-state index in [0.717, 1.165) is 4.88 Å². The van der Waals surface area contributed by atoms with E-state index in [0.29, 0.717) is 31.2 Å². The summed E-state index contributed by atoms with van der Waals surface area (Å²) in [7, 11) is 0. The van der Waals surface area contributed by atoms with E-state index in [9.17, 15) is 14.0 Å². The molecular formula is C20H19FN4O4S. The fourth-order valence-electron chi connectivity index (χ4n) is 3.05. The first kappa shape index (κ1) is 20.2. The number of thiophene rings is 1. The second-order valence-electron chi connectivity index (χ2n) is 6.72. The molecule has 0 saturated carbocycles. The van der Waals surface area contributed by atoms with Crippen LogP contribution in [-0.4, -0.2) is 63.9 Å². The van der Waals surface area contributed by atoms with Crippen molar-refractivity contribution >= 4 is 23.2 Å². The molecule has 30 heavy (non-hydrogen) atoms. The Labute approximate surface area is 175 Å². The Hall–Kier alpha value is -3.11. The number of amides is 1. The van der Waals surface area contributed by atoms with Gasteiger partial charge in [-0.25, -0.2) is 13.9 Å². The number of hydrogen-bond donors (Lipinski definition) is 0. The molecule has 10 heteroatoms. The third-order valence-electron chi connectivity index (χ3n) is 4.52. The molecule has 1 saturated heterocycles. The Morgan fingerprint density at radius 2 is 2.10 bits per heavy atom. The topological polar surface area (TPSA) is 86.6 Å². The average molecular weight is 430 g/mol. The molecule has 0 bridgehead atoms. The van der Waals surface area contributed by atoms with Crippen molar-refractivity contribution in [2.24, 2.45) is 0 Å². The van der Waals surface area contributed by atoms with Gasteiger partial charge in [0, 0.05) is 13.1 Å². The highest BCUT2D eigenvalue weighted by Gasteiger charge is 2.25. The fourth-order valence-corrected chi connectivity index (χ4v) is 3.75. The number of esters is 1. The van der Waals surface area contributed by atoms with Crippen molar-refractivity contribution in [1.82, 2.24) is 19.7 Å². The van der Waals surface area contributed by atoms with Crippen LogP contribution >= 0.6 is 11.3 Å². The molecule has 1 aromatic carbocycles. The van der Waals surface area contributed by atoms with Gasteiger partial charge in [-0.3, -0.25) is 4.79 Å². The molecule has 1 amide bonds. The van der Waals surface area contributed by atoms with E-state index in [2.05, 4.69) is 10.1 Å². The predicted molar refractivity (Wildman–Crippen MR) is 107 cm³/mol. The Morgan fingerprint density at radius 1 is 1.30 bits per heavy atom. The van der Waals surface area contributed by atoms with E-state index >= 15 is 0 Å². The van der Waals surface area contributed by atoms with E-state index in [4.69, 9.17) is 9.47 Å². The van der Waals surface area contributed by atoms with Crippen LogP contribution in [-0.2, 0) is 14.3 Å². The van der Waals surface area contributed by atoms with Crippen LogP contribution in [0.4, 0.5) is 4.39 Å². The summed E-state index contributed by atoms with van der Waals surface area (Å²) < 4.78 is 25.3.